The summed E-state index contributed by atoms with van der Waals surface area (Å²) >= 11 is 0. The molecule has 0 rings (SSSR count). The van der Waals surface area contributed by atoms with Gasteiger partial charge in [0.25, 0.3) is 0 Å². The Morgan fingerprint density at radius 3 is 2.07 bits per heavy atom. The number of ether oxygens (including phenoxy) is 2. The summed E-state index contributed by atoms with van der Waals surface area (Å²) in [4.78, 5) is 0. The minimum atomic E-state index is 0.215. The van der Waals surface area contributed by atoms with Crippen molar-refractivity contribution in [3.05, 3.63) is 11.8 Å². The molecular weight excluding hydrogens is 176 g/mol. The lowest BCUT2D eigenvalue weighted by atomic mass is 9.99. The lowest BCUT2D eigenvalue weighted by Crippen LogP contribution is -2.15. The Balaban J connectivity index is 0. The van der Waals surface area contributed by atoms with E-state index in [-0.39, 0.29) is 5.41 Å². The minimum absolute atomic E-state index is 0.215. The zero-order valence-electron chi connectivity index (χ0n) is 10.8. The molecule has 86 valence electrons. The van der Waals surface area contributed by atoms with Gasteiger partial charge >= 0.3 is 0 Å². The molecule has 0 aromatic heterocycles. The Kier molecular flexibility index (Phi) is 10.3. The highest BCUT2D eigenvalue weighted by Gasteiger charge is 2.09. The number of allylic oxidation sites excluding steroid dienone is 2. The van der Waals surface area contributed by atoms with Crippen molar-refractivity contribution in [2.45, 2.75) is 48.5 Å². The lowest BCUT2D eigenvalue weighted by Gasteiger charge is -2.18. The predicted molar refractivity (Wildman–Crippen MR) is 62.1 cm³/mol. The summed E-state index contributed by atoms with van der Waals surface area (Å²) in [5.41, 5.74) is 0.215. The van der Waals surface area contributed by atoms with Gasteiger partial charge in [0.2, 0.25) is 0 Å². The SMILES string of the molecule is C/C=C(/C)OCOCC(C)(C)C.CC. The molecule has 0 amide bonds. The second-order valence-corrected chi connectivity index (χ2v) is 4.07. The van der Waals surface area contributed by atoms with Crippen molar-refractivity contribution < 1.29 is 9.47 Å². The van der Waals surface area contributed by atoms with Crippen LogP contribution in [0.1, 0.15) is 48.5 Å². The van der Waals surface area contributed by atoms with Crippen molar-refractivity contribution >= 4 is 0 Å². The molecular formula is C12H26O2. The van der Waals surface area contributed by atoms with Gasteiger partial charge in [-0.1, -0.05) is 34.6 Å². The molecule has 0 aliphatic heterocycles. The fourth-order valence-corrected chi connectivity index (χ4v) is 0.566. The first kappa shape index (κ1) is 15.9. The molecule has 0 atom stereocenters. The first-order valence-electron chi connectivity index (χ1n) is 5.29. The molecule has 0 saturated heterocycles. The molecule has 0 spiro atoms. The van der Waals surface area contributed by atoms with Crippen LogP contribution in [0.3, 0.4) is 0 Å². The van der Waals surface area contributed by atoms with Crippen LogP contribution in [0.5, 0.6) is 0 Å². The summed E-state index contributed by atoms with van der Waals surface area (Å²) in [5.74, 6) is 0.906. The number of hydrogen-bond acceptors (Lipinski definition) is 2. The van der Waals surface area contributed by atoms with E-state index in [2.05, 4.69) is 20.8 Å². The van der Waals surface area contributed by atoms with Crippen LogP contribution in [0, 0.1) is 5.41 Å². The van der Waals surface area contributed by atoms with E-state index in [1.165, 1.54) is 0 Å². The Bertz CT molecular complexity index is 143. The quantitative estimate of drug-likeness (QED) is 0.390. The molecule has 14 heavy (non-hydrogen) atoms. The van der Waals surface area contributed by atoms with Gasteiger partial charge < -0.3 is 9.47 Å². The van der Waals surface area contributed by atoms with Gasteiger partial charge in [0.1, 0.15) is 0 Å². The topological polar surface area (TPSA) is 18.5 Å². The van der Waals surface area contributed by atoms with E-state index in [1.54, 1.807) is 0 Å². The van der Waals surface area contributed by atoms with Crippen LogP contribution < -0.4 is 0 Å². The molecule has 0 fully saturated rings. The molecule has 0 unspecified atom stereocenters. The van der Waals surface area contributed by atoms with Crippen molar-refractivity contribution in [3.63, 3.8) is 0 Å². The molecule has 0 aromatic carbocycles. The summed E-state index contributed by atoms with van der Waals surface area (Å²) in [6, 6.07) is 0. The van der Waals surface area contributed by atoms with Crippen LogP contribution in [0.15, 0.2) is 11.8 Å². The average molecular weight is 202 g/mol. The zero-order valence-corrected chi connectivity index (χ0v) is 10.8. The maximum Gasteiger partial charge on any atom is 0.188 e. The third kappa shape index (κ3) is 14.0. The molecule has 0 radical (unpaired) electrons. The smallest absolute Gasteiger partial charge is 0.188 e. The van der Waals surface area contributed by atoms with Crippen LogP contribution in [0.2, 0.25) is 0 Å². The van der Waals surface area contributed by atoms with Gasteiger partial charge in [-0.3, -0.25) is 0 Å². The van der Waals surface area contributed by atoms with Crippen LogP contribution in [0.4, 0.5) is 0 Å². The van der Waals surface area contributed by atoms with Crippen LogP contribution in [0.25, 0.3) is 0 Å². The highest BCUT2D eigenvalue weighted by Crippen LogP contribution is 2.12. The highest BCUT2D eigenvalue weighted by atomic mass is 16.7. The second-order valence-electron chi connectivity index (χ2n) is 4.07. The van der Waals surface area contributed by atoms with Crippen LogP contribution >= 0.6 is 0 Å². The second kappa shape index (κ2) is 9.07. The van der Waals surface area contributed by atoms with Gasteiger partial charge in [-0.2, -0.15) is 0 Å². The van der Waals surface area contributed by atoms with Crippen molar-refractivity contribution in [2.75, 3.05) is 13.4 Å². The normalized spacial score (nSPS) is 11.8. The molecule has 0 heterocycles. The standard InChI is InChI=1S/C10H20O2.C2H6/c1-6-9(2)12-8-11-7-10(3,4)5;1-2/h6H,7-8H2,1-5H3;1-2H3/b9-6-;. The molecule has 2 heteroatoms. The molecule has 0 N–H and O–H groups in total. The minimum Gasteiger partial charge on any atom is -0.473 e. The Morgan fingerprint density at radius 1 is 1.21 bits per heavy atom. The van der Waals surface area contributed by atoms with E-state index in [9.17, 15) is 0 Å². The summed E-state index contributed by atoms with van der Waals surface area (Å²) < 4.78 is 10.5. The molecule has 0 aliphatic carbocycles. The molecule has 2 nitrogen and oxygen atoms in total. The van der Waals surface area contributed by atoms with Gasteiger partial charge in [0, 0.05) is 0 Å². The van der Waals surface area contributed by atoms with E-state index in [4.69, 9.17) is 9.47 Å². The van der Waals surface area contributed by atoms with Gasteiger partial charge in [0.05, 0.1) is 12.4 Å². The first-order valence-corrected chi connectivity index (χ1v) is 5.29. The van der Waals surface area contributed by atoms with E-state index in [0.29, 0.717) is 6.79 Å². The first-order chi connectivity index (χ1) is 6.45. The lowest BCUT2D eigenvalue weighted by molar-refractivity contribution is -0.0482. The summed E-state index contributed by atoms with van der Waals surface area (Å²) in [5, 5.41) is 0. The monoisotopic (exact) mass is 202 g/mol. The molecule has 0 aliphatic rings. The van der Waals surface area contributed by atoms with Crippen molar-refractivity contribution in [2.24, 2.45) is 5.41 Å². The van der Waals surface area contributed by atoms with Crippen LogP contribution in [-0.2, 0) is 9.47 Å². The van der Waals surface area contributed by atoms with Crippen molar-refractivity contribution in [1.29, 1.82) is 0 Å². The predicted octanol–water partition coefficient (Wildman–Crippen LogP) is 3.97. The van der Waals surface area contributed by atoms with E-state index < -0.39 is 0 Å². The average Bonchev–Trinajstić information content (AvgIpc) is 2.14. The fourth-order valence-electron chi connectivity index (χ4n) is 0.566. The van der Waals surface area contributed by atoms with Gasteiger partial charge in [-0.05, 0) is 25.3 Å². The van der Waals surface area contributed by atoms with Crippen molar-refractivity contribution in [1.82, 2.24) is 0 Å². The Labute approximate surface area is 89.3 Å². The fraction of sp³-hybridized carbons (Fsp3) is 0.833. The maximum atomic E-state index is 5.31. The zero-order chi connectivity index (χ0) is 11.6. The molecule has 0 bridgehead atoms. The summed E-state index contributed by atoms with van der Waals surface area (Å²) in [7, 11) is 0. The molecule has 0 aromatic rings. The van der Waals surface area contributed by atoms with E-state index in [0.717, 1.165) is 12.4 Å². The van der Waals surface area contributed by atoms with Gasteiger partial charge in [-0.25, -0.2) is 0 Å². The third-order valence-corrected chi connectivity index (χ3v) is 1.31. The Hall–Kier alpha value is -0.500. The highest BCUT2D eigenvalue weighted by molar-refractivity contribution is 4.83. The summed E-state index contributed by atoms with van der Waals surface area (Å²) in [6.45, 7) is 15.3. The number of hydrogen-bond donors (Lipinski definition) is 0. The largest absolute Gasteiger partial charge is 0.473 e. The number of rotatable bonds is 4. The van der Waals surface area contributed by atoms with Gasteiger partial charge in [-0.15, -0.1) is 0 Å². The Morgan fingerprint density at radius 2 is 1.71 bits per heavy atom. The maximum absolute atomic E-state index is 5.31. The third-order valence-electron chi connectivity index (χ3n) is 1.31. The van der Waals surface area contributed by atoms with E-state index in [1.807, 2.05) is 33.8 Å². The van der Waals surface area contributed by atoms with Gasteiger partial charge in [0.15, 0.2) is 6.79 Å². The summed E-state index contributed by atoms with van der Waals surface area (Å²) in [6.07, 6.45) is 1.92. The van der Waals surface area contributed by atoms with Crippen molar-refractivity contribution in [3.8, 4) is 0 Å². The van der Waals surface area contributed by atoms with Crippen LogP contribution in [-0.4, -0.2) is 13.4 Å². The van der Waals surface area contributed by atoms with E-state index >= 15 is 0 Å². The molecule has 0 saturated carbocycles.